The molecule has 2 aromatic rings. The molecule has 0 saturated heterocycles. The first-order valence-electron chi connectivity index (χ1n) is 5.34. The smallest absolute Gasteiger partial charge is 0.285 e. The molecule has 6 nitrogen and oxygen atoms in total. The largest absolute Gasteiger partial charge is 0.322 e. The van der Waals surface area contributed by atoms with Gasteiger partial charge in [-0.3, -0.25) is 14.9 Å². The van der Waals surface area contributed by atoms with Crippen LogP contribution < -0.4 is 5.32 Å². The zero-order valence-electron chi connectivity index (χ0n) is 9.84. The number of nitrogens with one attached hydrogen (secondary N) is 1. The van der Waals surface area contributed by atoms with Gasteiger partial charge in [0.05, 0.1) is 9.40 Å². The maximum atomic E-state index is 12.9. The minimum Gasteiger partial charge on any atom is -0.322 e. The van der Waals surface area contributed by atoms with E-state index in [-0.39, 0.29) is 16.9 Å². The van der Waals surface area contributed by atoms with Crippen LogP contribution in [0.1, 0.15) is 10.4 Å². The van der Waals surface area contributed by atoms with Gasteiger partial charge in [-0.25, -0.2) is 4.98 Å². The van der Waals surface area contributed by atoms with E-state index in [0.717, 1.165) is 12.3 Å². The van der Waals surface area contributed by atoms with E-state index in [1.807, 2.05) is 0 Å². The van der Waals surface area contributed by atoms with E-state index in [0.29, 0.717) is 4.47 Å². The number of rotatable bonds is 3. The number of halogens is 2. The molecule has 0 unspecified atom stereocenters. The number of nitro benzene ring substituents is 1. The van der Waals surface area contributed by atoms with E-state index in [1.54, 1.807) is 0 Å². The first-order valence-corrected chi connectivity index (χ1v) is 6.13. The summed E-state index contributed by atoms with van der Waals surface area (Å²) in [6.45, 7) is 0. The van der Waals surface area contributed by atoms with Crippen molar-refractivity contribution in [2.24, 2.45) is 0 Å². The van der Waals surface area contributed by atoms with Crippen molar-refractivity contribution in [3.8, 4) is 0 Å². The van der Waals surface area contributed by atoms with Crippen LogP contribution in [-0.2, 0) is 0 Å². The summed E-state index contributed by atoms with van der Waals surface area (Å²) >= 11 is 3.04. The van der Waals surface area contributed by atoms with Crippen molar-refractivity contribution in [2.75, 3.05) is 5.32 Å². The minimum atomic E-state index is -0.778. The van der Waals surface area contributed by atoms with Crippen molar-refractivity contribution in [3.63, 3.8) is 0 Å². The molecule has 20 heavy (non-hydrogen) atoms. The maximum Gasteiger partial charge on any atom is 0.285 e. The number of aromatic nitrogens is 1. The average molecular weight is 340 g/mol. The molecule has 0 spiro atoms. The molecule has 0 atom stereocenters. The SMILES string of the molecule is O=C(Nc1ccc(Br)c([N+](=O)[O-])c1)c1ccnc(F)c1. The highest BCUT2D eigenvalue weighted by atomic mass is 79.9. The summed E-state index contributed by atoms with van der Waals surface area (Å²) in [6, 6.07) is 6.46. The van der Waals surface area contributed by atoms with Crippen LogP contribution in [0.3, 0.4) is 0 Å². The lowest BCUT2D eigenvalue weighted by molar-refractivity contribution is -0.385. The predicted octanol–water partition coefficient (Wildman–Crippen LogP) is 3.14. The Hall–Kier alpha value is -2.35. The number of hydrogen-bond donors (Lipinski definition) is 1. The summed E-state index contributed by atoms with van der Waals surface area (Å²) in [4.78, 5) is 25.4. The Morgan fingerprint density at radius 3 is 2.75 bits per heavy atom. The molecule has 1 N–H and O–H groups in total. The fraction of sp³-hybridized carbons (Fsp3) is 0. The highest BCUT2D eigenvalue weighted by Crippen LogP contribution is 2.27. The fourth-order valence-electron chi connectivity index (χ4n) is 1.48. The van der Waals surface area contributed by atoms with E-state index >= 15 is 0 Å². The van der Waals surface area contributed by atoms with E-state index in [1.165, 1.54) is 24.3 Å². The van der Waals surface area contributed by atoms with Gasteiger partial charge in [0, 0.05) is 29.6 Å². The topological polar surface area (TPSA) is 85.1 Å². The van der Waals surface area contributed by atoms with Crippen LogP contribution in [0.4, 0.5) is 15.8 Å². The number of benzene rings is 1. The highest BCUT2D eigenvalue weighted by Gasteiger charge is 2.14. The van der Waals surface area contributed by atoms with Gasteiger partial charge in [-0.05, 0) is 34.1 Å². The molecule has 0 aliphatic rings. The molecular weight excluding hydrogens is 333 g/mol. The van der Waals surface area contributed by atoms with Gasteiger partial charge in [-0.15, -0.1) is 0 Å². The Morgan fingerprint density at radius 2 is 2.10 bits per heavy atom. The molecule has 0 bridgehead atoms. The normalized spacial score (nSPS) is 10.1. The lowest BCUT2D eigenvalue weighted by Gasteiger charge is -2.05. The summed E-state index contributed by atoms with van der Waals surface area (Å²) in [5.74, 6) is -1.36. The van der Waals surface area contributed by atoms with Crippen LogP contribution in [0.25, 0.3) is 0 Å². The molecule has 0 aliphatic heterocycles. The summed E-state index contributed by atoms with van der Waals surface area (Å²) in [7, 11) is 0. The second-order valence-corrected chi connectivity index (χ2v) is 4.60. The minimum absolute atomic E-state index is 0.0723. The maximum absolute atomic E-state index is 12.9. The first-order chi connectivity index (χ1) is 9.47. The number of nitrogens with zero attached hydrogens (tertiary/aromatic N) is 2. The van der Waals surface area contributed by atoms with Gasteiger partial charge in [0.1, 0.15) is 0 Å². The third-order valence-corrected chi connectivity index (χ3v) is 3.06. The molecule has 102 valence electrons. The number of carbonyl (C=O) groups is 1. The summed E-state index contributed by atoms with van der Waals surface area (Å²) in [5.41, 5.74) is 0.133. The van der Waals surface area contributed by atoms with Crippen LogP contribution >= 0.6 is 15.9 Å². The zero-order valence-corrected chi connectivity index (χ0v) is 11.4. The van der Waals surface area contributed by atoms with Crippen molar-refractivity contribution in [3.05, 3.63) is 62.6 Å². The molecule has 0 fully saturated rings. The number of carbonyl (C=O) groups excluding carboxylic acids is 1. The Labute approximate surface area is 120 Å². The van der Waals surface area contributed by atoms with Crippen molar-refractivity contribution in [1.82, 2.24) is 4.98 Å². The van der Waals surface area contributed by atoms with Gasteiger partial charge in [0.25, 0.3) is 11.6 Å². The van der Waals surface area contributed by atoms with Crippen molar-refractivity contribution in [2.45, 2.75) is 0 Å². The monoisotopic (exact) mass is 339 g/mol. The Morgan fingerprint density at radius 1 is 1.35 bits per heavy atom. The molecule has 1 aromatic carbocycles. The van der Waals surface area contributed by atoms with Gasteiger partial charge >= 0.3 is 0 Å². The van der Waals surface area contributed by atoms with Crippen molar-refractivity contribution in [1.29, 1.82) is 0 Å². The molecule has 8 heteroatoms. The van der Waals surface area contributed by atoms with Crippen LogP contribution in [0.15, 0.2) is 41.0 Å². The summed E-state index contributed by atoms with van der Waals surface area (Å²) < 4.78 is 13.2. The van der Waals surface area contributed by atoms with E-state index < -0.39 is 16.8 Å². The quantitative estimate of drug-likeness (QED) is 0.528. The molecule has 0 saturated carbocycles. The summed E-state index contributed by atoms with van der Waals surface area (Å²) in [6.07, 6.45) is 1.16. The number of anilines is 1. The van der Waals surface area contributed by atoms with Crippen LogP contribution in [0, 0.1) is 16.1 Å². The third-order valence-electron chi connectivity index (χ3n) is 2.39. The molecule has 0 aliphatic carbocycles. The second-order valence-electron chi connectivity index (χ2n) is 3.74. The van der Waals surface area contributed by atoms with Gasteiger partial charge in [0.15, 0.2) is 0 Å². The van der Waals surface area contributed by atoms with E-state index in [2.05, 4.69) is 26.2 Å². The Balaban J connectivity index is 2.24. The number of pyridine rings is 1. The van der Waals surface area contributed by atoms with E-state index in [9.17, 15) is 19.3 Å². The zero-order chi connectivity index (χ0) is 14.7. The first kappa shape index (κ1) is 14.1. The number of amides is 1. The fourth-order valence-corrected chi connectivity index (χ4v) is 1.87. The number of nitro groups is 1. The highest BCUT2D eigenvalue weighted by molar-refractivity contribution is 9.10. The van der Waals surface area contributed by atoms with Crippen LogP contribution in [0.2, 0.25) is 0 Å². The van der Waals surface area contributed by atoms with Gasteiger partial charge in [-0.1, -0.05) is 0 Å². The molecule has 1 aromatic heterocycles. The molecule has 1 amide bonds. The molecule has 2 rings (SSSR count). The molecule has 1 heterocycles. The predicted molar refractivity (Wildman–Crippen MR) is 72.9 cm³/mol. The Bertz CT molecular complexity index is 693. The van der Waals surface area contributed by atoms with Crippen LogP contribution in [-0.4, -0.2) is 15.8 Å². The second kappa shape index (κ2) is 5.74. The van der Waals surface area contributed by atoms with Crippen molar-refractivity contribution < 1.29 is 14.1 Å². The average Bonchev–Trinajstić information content (AvgIpc) is 2.40. The lowest BCUT2D eigenvalue weighted by Crippen LogP contribution is -2.12. The van der Waals surface area contributed by atoms with E-state index in [4.69, 9.17) is 0 Å². The standard InChI is InChI=1S/C12H7BrFN3O3/c13-9-2-1-8(6-10(9)17(19)20)16-12(18)7-3-4-15-11(14)5-7/h1-6H,(H,16,18). The lowest BCUT2D eigenvalue weighted by atomic mass is 10.2. The van der Waals surface area contributed by atoms with Crippen LogP contribution in [0.5, 0.6) is 0 Å². The van der Waals surface area contributed by atoms with Crippen molar-refractivity contribution >= 4 is 33.2 Å². The molecular formula is C12H7BrFN3O3. The van der Waals surface area contributed by atoms with Gasteiger partial charge in [0.2, 0.25) is 5.95 Å². The Kier molecular flexibility index (Phi) is 4.04. The van der Waals surface area contributed by atoms with Gasteiger partial charge in [-0.2, -0.15) is 4.39 Å². The van der Waals surface area contributed by atoms with Gasteiger partial charge < -0.3 is 5.32 Å². The third kappa shape index (κ3) is 3.15. The molecule has 0 radical (unpaired) electrons. The number of hydrogen-bond acceptors (Lipinski definition) is 4. The summed E-state index contributed by atoms with van der Waals surface area (Å²) in [5, 5.41) is 13.2.